The Morgan fingerprint density at radius 2 is 1.85 bits per heavy atom. The molecule has 4 rings (SSSR count). The van der Waals surface area contributed by atoms with Crippen LogP contribution in [-0.4, -0.2) is 45.8 Å². The number of carbonyl (C=O) groups excluding carboxylic acids is 2. The Bertz CT molecular complexity index is 984. The van der Waals surface area contributed by atoms with Gasteiger partial charge in [-0.25, -0.2) is 4.39 Å². The van der Waals surface area contributed by atoms with Crippen molar-refractivity contribution in [3.63, 3.8) is 0 Å². The third-order valence-electron chi connectivity index (χ3n) is 8.87. The number of aliphatic hydroxyl groups excluding tert-OH is 1. The van der Waals surface area contributed by atoms with Crippen molar-refractivity contribution in [3.05, 3.63) is 23.8 Å². The molecule has 0 aromatic rings. The van der Waals surface area contributed by atoms with Crippen LogP contribution in [0.25, 0.3) is 0 Å². The van der Waals surface area contributed by atoms with Crippen molar-refractivity contribution >= 4 is 19.4 Å². The second kappa shape index (κ2) is 9.83. The molecule has 0 amide bonds. The molecule has 0 spiro atoms. The van der Waals surface area contributed by atoms with E-state index in [2.05, 4.69) is 4.52 Å². The molecule has 8 nitrogen and oxygen atoms in total. The number of alkyl halides is 1. The Kier molecular flexibility index (Phi) is 8.96. The molecule has 3 saturated carbocycles. The number of Topliss-reactive ketones (excluding diaryl/α,β-unsaturated/α-hetero) is 1. The van der Waals surface area contributed by atoms with Gasteiger partial charge in [0.2, 0.25) is 0 Å². The van der Waals surface area contributed by atoms with Gasteiger partial charge in [0.05, 0.1) is 20.5 Å². The number of aliphatic hydroxyl groups is 2. The molecular formula is C22H28FNa2O8P. The fourth-order valence-electron chi connectivity index (χ4n) is 7.06. The summed E-state index contributed by atoms with van der Waals surface area (Å²) < 4.78 is 32.5. The maximum absolute atomic E-state index is 17.1. The molecule has 4 aliphatic carbocycles. The molecule has 3 fully saturated rings. The average molecular weight is 516 g/mol. The van der Waals surface area contributed by atoms with Crippen LogP contribution in [0.4, 0.5) is 4.39 Å². The molecule has 178 valence electrons. The molecule has 0 unspecified atom stereocenters. The van der Waals surface area contributed by atoms with Crippen LogP contribution in [-0.2, 0) is 18.7 Å². The van der Waals surface area contributed by atoms with E-state index < -0.39 is 66.2 Å². The number of rotatable bonds is 3. The van der Waals surface area contributed by atoms with Crippen LogP contribution in [0.15, 0.2) is 23.8 Å². The number of ketones is 2. The van der Waals surface area contributed by atoms with Crippen molar-refractivity contribution in [2.45, 2.75) is 63.8 Å². The molecule has 0 aromatic heterocycles. The van der Waals surface area contributed by atoms with Crippen LogP contribution in [0.3, 0.4) is 0 Å². The number of carbonyl (C=O) groups is 2. The van der Waals surface area contributed by atoms with E-state index in [1.54, 1.807) is 13.8 Å². The summed E-state index contributed by atoms with van der Waals surface area (Å²) in [5, 5.41) is 22.7. The predicted molar refractivity (Wildman–Crippen MR) is 106 cm³/mol. The number of phosphoric ester groups is 1. The smallest absolute Gasteiger partial charge is 0.790 e. The number of halogens is 1. The molecule has 0 aliphatic heterocycles. The Morgan fingerprint density at radius 3 is 2.44 bits per heavy atom. The average Bonchev–Trinajstić information content (AvgIpc) is 2.69. The third kappa shape index (κ3) is 4.30. The zero-order valence-electron chi connectivity index (χ0n) is 20.2. The molecule has 0 saturated heterocycles. The Labute approximate surface area is 242 Å². The van der Waals surface area contributed by atoms with E-state index in [1.807, 2.05) is 0 Å². The molecule has 8 atom stereocenters. The molecule has 2 N–H and O–H groups in total. The predicted octanol–water partition coefficient (Wildman–Crippen LogP) is -5.24. The van der Waals surface area contributed by atoms with Crippen LogP contribution < -0.4 is 68.9 Å². The summed E-state index contributed by atoms with van der Waals surface area (Å²) >= 11 is 0. The van der Waals surface area contributed by atoms with Gasteiger partial charge in [0.15, 0.2) is 22.8 Å². The number of hydrogen-bond donors (Lipinski definition) is 2. The Morgan fingerprint density at radius 1 is 1.24 bits per heavy atom. The first-order valence-electron chi connectivity index (χ1n) is 10.8. The summed E-state index contributed by atoms with van der Waals surface area (Å²) in [5.74, 6) is -3.03. The van der Waals surface area contributed by atoms with Gasteiger partial charge in [0, 0.05) is 22.7 Å². The summed E-state index contributed by atoms with van der Waals surface area (Å²) in [7, 11) is -5.49. The zero-order chi connectivity index (χ0) is 23.9. The molecule has 0 bridgehead atoms. The molecule has 0 radical (unpaired) electrons. The maximum Gasteiger partial charge on any atom is 1.00 e. The first-order chi connectivity index (χ1) is 14.6. The fraction of sp³-hybridized carbons (Fsp3) is 0.727. The Hall–Kier alpha value is 0.780. The van der Waals surface area contributed by atoms with Gasteiger partial charge in [0.1, 0.15) is 0 Å². The van der Waals surface area contributed by atoms with Crippen molar-refractivity contribution < 1.29 is 102 Å². The third-order valence-corrected chi connectivity index (χ3v) is 9.32. The number of phosphoric acid groups is 1. The van der Waals surface area contributed by atoms with Gasteiger partial charge in [-0.1, -0.05) is 25.5 Å². The standard InChI is InChI=1S/C22H30FO8P.2Na/c1-12-8-16-15-5-4-13-9-14(24)6-7-19(13,2)22(15,23)17(25)10-20(16,3)21(27,18(12)26)11-31-32(28,29)30;;/h6-7,9,12,15-17,25,27H,4-5,8,10-11H2,1-3H3,(H2,28,29,30);;/q;2*+1/p-2/t12-,15+,16+,17+,19+,20+,21+,22+;;/m1../s1. The van der Waals surface area contributed by atoms with Gasteiger partial charge < -0.3 is 29.1 Å². The van der Waals surface area contributed by atoms with E-state index in [9.17, 15) is 34.2 Å². The number of hydrogen-bond acceptors (Lipinski definition) is 8. The number of allylic oxidation sites excluding steroid dienone is 4. The maximum atomic E-state index is 17.1. The van der Waals surface area contributed by atoms with Gasteiger partial charge in [-0.05, 0) is 50.7 Å². The summed E-state index contributed by atoms with van der Waals surface area (Å²) in [6.07, 6.45) is 3.20. The van der Waals surface area contributed by atoms with Crippen molar-refractivity contribution in [3.8, 4) is 0 Å². The second-order valence-corrected chi connectivity index (χ2v) is 11.5. The van der Waals surface area contributed by atoms with Crippen LogP contribution in [0.1, 0.15) is 46.5 Å². The van der Waals surface area contributed by atoms with E-state index in [-0.39, 0.29) is 84.2 Å². The van der Waals surface area contributed by atoms with E-state index in [1.165, 1.54) is 25.2 Å². The monoisotopic (exact) mass is 516 g/mol. The van der Waals surface area contributed by atoms with Crippen molar-refractivity contribution in [2.24, 2.45) is 28.6 Å². The summed E-state index contributed by atoms with van der Waals surface area (Å²) in [5.41, 5.74) is -6.59. The molecule has 0 aromatic carbocycles. The summed E-state index contributed by atoms with van der Waals surface area (Å²) in [4.78, 5) is 47.2. The summed E-state index contributed by atoms with van der Waals surface area (Å²) in [6.45, 7) is 3.68. The van der Waals surface area contributed by atoms with Crippen molar-refractivity contribution in [2.75, 3.05) is 6.61 Å². The molecule has 4 aliphatic rings. The van der Waals surface area contributed by atoms with E-state index in [4.69, 9.17) is 0 Å². The number of fused-ring (bicyclic) bond motifs is 5. The van der Waals surface area contributed by atoms with Crippen LogP contribution in [0.5, 0.6) is 0 Å². The SMILES string of the molecule is C[C@@H]1C[C@H]2[C@@H]3CCC4=CC(=O)C=C[C@]4(C)[C@@]3(F)[C@@H](O)C[C@]2(C)[C@](O)(COP(=O)([O-])[O-])C1=O.[Na+].[Na+]. The van der Waals surface area contributed by atoms with Crippen molar-refractivity contribution in [1.82, 2.24) is 0 Å². The van der Waals surface area contributed by atoms with Gasteiger partial charge in [-0.15, -0.1) is 0 Å². The first kappa shape index (κ1) is 31.0. The topological polar surface area (TPSA) is 147 Å². The van der Waals surface area contributed by atoms with E-state index in [0.29, 0.717) is 12.0 Å². The normalized spacial score (nSPS) is 45.7. The van der Waals surface area contributed by atoms with E-state index in [0.717, 1.165) is 0 Å². The molecule has 34 heavy (non-hydrogen) atoms. The molecule has 12 heteroatoms. The van der Waals surface area contributed by atoms with Gasteiger partial charge >= 0.3 is 59.1 Å². The van der Waals surface area contributed by atoms with Crippen LogP contribution >= 0.6 is 7.82 Å². The molecule has 0 heterocycles. The first-order valence-corrected chi connectivity index (χ1v) is 12.3. The van der Waals surface area contributed by atoms with Gasteiger partial charge in [0.25, 0.3) is 0 Å². The second-order valence-electron chi connectivity index (χ2n) is 10.3. The zero-order valence-corrected chi connectivity index (χ0v) is 25.1. The fourth-order valence-corrected chi connectivity index (χ4v) is 7.40. The van der Waals surface area contributed by atoms with E-state index >= 15 is 4.39 Å². The minimum absolute atomic E-state index is 0. The van der Waals surface area contributed by atoms with Crippen LogP contribution in [0, 0.1) is 28.6 Å². The van der Waals surface area contributed by atoms with Crippen molar-refractivity contribution in [1.29, 1.82) is 0 Å². The Balaban J connectivity index is 0.00000204. The molecular weight excluding hydrogens is 488 g/mol. The minimum Gasteiger partial charge on any atom is -0.790 e. The van der Waals surface area contributed by atoms with Crippen LogP contribution in [0.2, 0.25) is 0 Å². The largest absolute Gasteiger partial charge is 1.00 e. The summed E-state index contributed by atoms with van der Waals surface area (Å²) in [6, 6.07) is 0. The van der Waals surface area contributed by atoms with Gasteiger partial charge in [-0.2, -0.15) is 0 Å². The minimum atomic E-state index is -5.49. The van der Waals surface area contributed by atoms with Gasteiger partial charge in [-0.3, -0.25) is 9.59 Å². The quantitative estimate of drug-likeness (QED) is 0.280.